The number of fused-ring (bicyclic) bond motifs is 12. The van der Waals surface area contributed by atoms with Crippen LogP contribution in [0.3, 0.4) is 0 Å². The third-order valence-electron chi connectivity index (χ3n) is 21.0. The number of aromatic nitrogens is 12. The van der Waals surface area contributed by atoms with E-state index in [1.54, 1.807) is 6.20 Å². The minimum absolute atomic E-state index is 0.523. The standard InChI is InChI=1S/C25H31N7S.C24H27ClN6S.C22H23ClN6S.C22H24N6S/c1-16-7-8-19-21(13-16)28-23(33)14-18-15-26-25(30-24(18)19)29-20-9-10-22(27-17(20)2)32(5)12-6-11-31(3)4;1-15-20(10-16(13-26-15)6-4-5-9-31(2)3)29-24-27-14-17-11-22(32)28-21-12-18(25)7-8-19(21)23(17)30-24;1-29(2)7-3-4-14-8-17(13-24-11-14)26-22-25-12-15-9-20(30)27-19-10-16(23)5-6-18(19)21(15)28-22;1-13-5-6-17-19(8-13)26-20(29)10-16-12-25-22(28-21(16)17)27-18-9-15(4-3-7-23)11-24-14(18)2/h7-10,13,15H,6,11-12,14H2,1-5H3,(H,28,33)(H,26,29,30);7-8,10,12-14H,4-6,9,11H2,1-3H3,(H,28,32)(H,27,29,30);5-6,8,10-13H,3-4,7,9H2,1-2H3,(H,27,30)(H,25,26,28);5-6,8-9,11-12H,3-4,7,10,23H2,1-2H3,(H,26,29)(H,25,27,28). The Morgan fingerprint density at radius 1 is 0.363 bits per heavy atom. The van der Waals surface area contributed by atoms with Crippen molar-refractivity contribution in [2.45, 2.75) is 112 Å². The van der Waals surface area contributed by atoms with E-state index in [-0.39, 0.29) is 0 Å². The normalized spacial score (nSPS) is 12.7. The van der Waals surface area contributed by atoms with E-state index in [9.17, 15) is 0 Å². The lowest BCUT2D eigenvalue weighted by Crippen LogP contribution is -2.24. The van der Waals surface area contributed by atoms with Crippen molar-refractivity contribution in [3.63, 3.8) is 0 Å². The Morgan fingerprint density at radius 3 is 1.19 bits per heavy atom. The Hall–Kier alpha value is -11.2. The van der Waals surface area contributed by atoms with Crippen molar-refractivity contribution < 1.29 is 0 Å². The van der Waals surface area contributed by atoms with Crippen LogP contribution in [-0.2, 0) is 44.9 Å². The summed E-state index contributed by atoms with van der Waals surface area (Å²) in [6, 6.07) is 34.4. The number of halogens is 2. The number of nitrogens with two attached hydrogens (primary N) is 1. The molecule has 12 heterocycles. The van der Waals surface area contributed by atoms with Gasteiger partial charge < -0.3 is 67.9 Å². The average molecular weight is 1770 g/mol. The largest absolute Gasteiger partial charge is 0.360 e. The summed E-state index contributed by atoms with van der Waals surface area (Å²) in [5.74, 6) is 3.11. The molecule has 0 atom stereocenters. The van der Waals surface area contributed by atoms with Crippen molar-refractivity contribution in [3.8, 4) is 45.0 Å². The third kappa shape index (κ3) is 24.6. The Bertz CT molecular complexity index is 5910. The first kappa shape index (κ1) is 90.5. The number of hydrogen-bond acceptors (Lipinski definition) is 25. The van der Waals surface area contributed by atoms with Gasteiger partial charge in [-0.1, -0.05) is 96.3 Å². The molecular formula is C93H105Cl2N25S4. The molecular weight excluding hydrogens is 1670 g/mol. The number of nitrogens with one attached hydrogen (secondary N) is 8. The van der Waals surface area contributed by atoms with Crippen LogP contribution in [0.4, 0.5) is 75.1 Å². The smallest absolute Gasteiger partial charge is 0.227 e. The summed E-state index contributed by atoms with van der Waals surface area (Å²) in [4.78, 5) is 67.5. The minimum atomic E-state index is 0.523. The molecule has 4 aliphatic rings. The number of rotatable bonds is 25. The Kier molecular flexibility index (Phi) is 31.0. The average Bonchev–Trinajstić information content (AvgIpc) is 1.58. The van der Waals surface area contributed by atoms with Crippen LogP contribution in [0, 0.1) is 34.6 Å². The van der Waals surface area contributed by atoms with Gasteiger partial charge in [-0.25, -0.2) is 44.9 Å². The Morgan fingerprint density at radius 2 is 0.750 bits per heavy atom. The molecule has 12 aromatic rings. The van der Waals surface area contributed by atoms with Crippen LogP contribution >= 0.6 is 72.1 Å². The number of hydrogen-bond donors (Lipinski definition) is 9. The molecule has 0 unspecified atom stereocenters. The predicted octanol–water partition coefficient (Wildman–Crippen LogP) is 18.8. The number of pyridine rings is 4. The van der Waals surface area contributed by atoms with Crippen molar-refractivity contribution in [1.29, 1.82) is 0 Å². The summed E-state index contributed by atoms with van der Waals surface area (Å²) in [5.41, 5.74) is 33.0. The second-order valence-corrected chi connectivity index (χ2v) is 35.0. The van der Waals surface area contributed by atoms with Gasteiger partial charge in [-0.2, -0.15) is 0 Å². The van der Waals surface area contributed by atoms with Crippen LogP contribution in [0.15, 0.2) is 153 Å². The number of aryl methyl sites for hydroxylation is 8. The molecule has 640 valence electrons. The van der Waals surface area contributed by atoms with Gasteiger partial charge in [0.05, 0.1) is 88.8 Å². The van der Waals surface area contributed by atoms with E-state index in [2.05, 4.69) is 215 Å². The minimum Gasteiger partial charge on any atom is -0.360 e. The second-order valence-electron chi connectivity index (χ2n) is 32.1. The highest BCUT2D eigenvalue weighted by molar-refractivity contribution is 7.81. The molecule has 124 heavy (non-hydrogen) atoms. The van der Waals surface area contributed by atoms with Crippen molar-refractivity contribution in [2.75, 3.05) is 129 Å². The summed E-state index contributed by atoms with van der Waals surface area (Å²) in [6.45, 7) is 14.9. The highest BCUT2D eigenvalue weighted by Gasteiger charge is 2.26. The number of nitrogens with zero attached hydrogens (tertiary/aromatic N) is 16. The maximum atomic E-state index is 6.20. The lowest BCUT2D eigenvalue weighted by Gasteiger charge is -2.20. The van der Waals surface area contributed by atoms with Crippen LogP contribution in [0.1, 0.15) is 99.3 Å². The fourth-order valence-corrected chi connectivity index (χ4v) is 15.9. The van der Waals surface area contributed by atoms with Crippen molar-refractivity contribution >= 4 is 167 Å². The van der Waals surface area contributed by atoms with Crippen molar-refractivity contribution in [1.82, 2.24) is 74.5 Å². The summed E-state index contributed by atoms with van der Waals surface area (Å²) in [7, 11) is 14.6. The SMILES string of the molecule is CN(C)CCCc1cncc(Nc2ncc3c(n2)-c2ccc(Cl)cc2NC(=S)C3)c1.Cc1ccc2c(c1)NC(=S)Cc1cnc(Nc3cc(CCCN)cnc3C)nc1-2.Cc1ccc2c(c1)NC(=S)Cc1cnc(Nc3ccc(N(C)CCCN(C)C)nc3C)nc1-2.Cc1ncc(CCCCN(C)C)cc1Nc1ncc2c(n1)-c1ccc(Cl)cc1NC(=S)C2. The topological polar surface area (TPSA) is 290 Å². The monoisotopic (exact) mass is 1770 g/mol. The van der Waals surface area contributed by atoms with Gasteiger partial charge >= 0.3 is 0 Å². The van der Waals surface area contributed by atoms with Gasteiger partial charge in [-0.3, -0.25) is 15.0 Å². The fraction of sp³-hybridized carbons (Fsp3) is 0.312. The van der Waals surface area contributed by atoms with Gasteiger partial charge in [0.2, 0.25) is 23.8 Å². The molecule has 4 aromatic carbocycles. The zero-order valence-electron chi connectivity index (χ0n) is 72.1. The van der Waals surface area contributed by atoms with Gasteiger partial charge in [0, 0.05) is 160 Å². The molecule has 0 aliphatic carbocycles. The molecule has 0 fully saturated rings. The summed E-state index contributed by atoms with van der Waals surface area (Å²) in [5, 5.41) is 27.9. The van der Waals surface area contributed by atoms with Crippen LogP contribution in [0.5, 0.6) is 0 Å². The first-order valence-electron chi connectivity index (χ1n) is 41.4. The van der Waals surface area contributed by atoms with Crippen LogP contribution in [-0.4, -0.2) is 177 Å². The van der Waals surface area contributed by atoms with Crippen LogP contribution in [0.25, 0.3) is 45.0 Å². The van der Waals surface area contributed by atoms with E-state index in [4.69, 9.17) is 103 Å². The molecule has 0 amide bonds. The van der Waals surface area contributed by atoms with E-state index in [0.29, 0.717) is 66.1 Å². The number of unbranched alkanes of at least 4 members (excludes halogenated alkanes) is 1. The summed E-state index contributed by atoms with van der Waals surface area (Å²) in [6.07, 6.45) is 25.6. The van der Waals surface area contributed by atoms with Crippen LogP contribution < -0.4 is 53.2 Å². The predicted molar refractivity (Wildman–Crippen MR) is 526 cm³/mol. The highest BCUT2D eigenvalue weighted by Crippen LogP contribution is 2.40. The first-order valence-corrected chi connectivity index (χ1v) is 43.8. The first-order chi connectivity index (χ1) is 59.7. The second kappa shape index (κ2) is 42.4. The van der Waals surface area contributed by atoms with Gasteiger partial charge in [-0.05, 0) is 261 Å². The van der Waals surface area contributed by atoms with E-state index in [1.165, 1.54) is 22.3 Å². The summed E-state index contributed by atoms with van der Waals surface area (Å²) >= 11 is 34.3. The number of benzene rings is 4. The quantitative estimate of drug-likeness (QED) is 0.0190. The maximum Gasteiger partial charge on any atom is 0.227 e. The molecule has 25 nitrogen and oxygen atoms in total. The number of thiocarbonyl (C=S) groups is 4. The van der Waals surface area contributed by atoms with Gasteiger partial charge in [0.1, 0.15) is 5.82 Å². The lowest BCUT2D eigenvalue weighted by atomic mass is 10.0. The lowest BCUT2D eigenvalue weighted by molar-refractivity contribution is 0.394. The van der Waals surface area contributed by atoms with E-state index in [0.717, 1.165) is 239 Å². The van der Waals surface area contributed by atoms with E-state index in [1.807, 2.05) is 113 Å². The molecule has 16 rings (SSSR count). The Labute approximate surface area is 758 Å². The van der Waals surface area contributed by atoms with E-state index < -0.39 is 0 Å². The van der Waals surface area contributed by atoms with Crippen molar-refractivity contribution in [3.05, 3.63) is 230 Å². The van der Waals surface area contributed by atoms with Gasteiger partial charge in [0.15, 0.2) is 0 Å². The molecule has 10 N–H and O–H groups in total. The van der Waals surface area contributed by atoms with Gasteiger partial charge in [-0.15, -0.1) is 0 Å². The van der Waals surface area contributed by atoms with Gasteiger partial charge in [0.25, 0.3) is 0 Å². The third-order valence-corrected chi connectivity index (χ3v) is 22.4. The Balaban J connectivity index is 0.000000142. The fourth-order valence-electron chi connectivity index (χ4n) is 14.5. The molecule has 0 radical (unpaired) electrons. The molecule has 8 aromatic heterocycles. The van der Waals surface area contributed by atoms with E-state index >= 15 is 0 Å². The molecule has 0 spiro atoms. The molecule has 4 aliphatic heterocycles. The maximum absolute atomic E-state index is 6.20. The number of anilines is 13. The highest BCUT2D eigenvalue weighted by atomic mass is 35.5. The van der Waals surface area contributed by atoms with Crippen LogP contribution in [0.2, 0.25) is 10.0 Å². The summed E-state index contributed by atoms with van der Waals surface area (Å²) < 4.78 is 0. The molecule has 0 saturated carbocycles. The molecule has 31 heteroatoms. The molecule has 0 saturated heterocycles. The molecule has 0 bridgehead atoms. The zero-order chi connectivity index (χ0) is 87.7. The van der Waals surface area contributed by atoms with Crippen molar-refractivity contribution in [2.24, 2.45) is 5.73 Å². The zero-order valence-corrected chi connectivity index (χ0v) is 76.9.